The van der Waals surface area contributed by atoms with Crippen LogP contribution in [0.15, 0.2) is 94.7 Å². The van der Waals surface area contributed by atoms with Crippen LogP contribution in [0.3, 0.4) is 0 Å². The topological polar surface area (TPSA) is 173 Å². The third kappa shape index (κ3) is 23.3. The molecule has 0 fully saturated rings. The summed E-state index contributed by atoms with van der Waals surface area (Å²) in [5, 5.41) is 22.3. The molecule has 0 unspecified atom stereocenters. The van der Waals surface area contributed by atoms with Crippen molar-refractivity contribution >= 4 is 58.0 Å². The van der Waals surface area contributed by atoms with Gasteiger partial charge in [-0.05, 0) is 91.1 Å². The van der Waals surface area contributed by atoms with E-state index < -0.39 is 41.5 Å². The first-order chi connectivity index (χ1) is 29.8. The molecule has 0 aromatic heterocycles. The van der Waals surface area contributed by atoms with Gasteiger partial charge in [0.1, 0.15) is 32.3 Å². The summed E-state index contributed by atoms with van der Waals surface area (Å²) in [6, 6.07) is 22.7. The molecule has 0 saturated carbocycles. The molecular weight excluding hydrogens is 865 g/mol. The average Bonchev–Trinajstić information content (AvgIpc) is 3.23. The maximum atomic E-state index is 12.2. The number of para-hydroxylation sites is 2. The smallest absolute Gasteiger partial charge is 0.869 e. The standard InChI is InChI=1S/2C25H36O5S.Ca/c2*1-2-3-4-5-6-7-8-9-10-11-12-15-21-16-13-17-22(20-21)30-23-18-14-19-24(25(23)26)31(27,28)29;/h2*13-14,16-20,26H,2-12,15H2,1H3,(H,27,28,29);/q;;+2/p-2. The zero-order valence-corrected chi connectivity index (χ0v) is 41.6. The van der Waals surface area contributed by atoms with E-state index in [1.165, 1.54) is 153 Å². The van der Waals surface area contributed by atoms with Crippen LogP contribution in [-0.2, 0) is 33.1 Å². The molecule has 4 rings (SSSR count). The maximum absolute atomic E-state index is 12.2. The number of benzene rings is 4. The number of phenols is 1. The second-order valence-corrected chi connectivity index (χ2v) is 18.9. The summed E-state index contributed by atoms with van der Waals surface area (Å²) >= 11 is 0. The van der Waals surface area contributed by atoms with Crippen molar-refractivity contribution in [1.82, 2.24) is 0 Å². The van der Waals surface area contributed by atoms with Crippen molar-refractivity contribution < 1.29 is 45.6 Å². The molecule has 0 aliphatic rings. The number of unbranched alkanes of at least 4 members (excludes halogenated alkanes) is 20. The van der Waals surface area contributed by atoms with Crippen molar-refractivity contribution in [3.8, 4) is 34.5 Å². The second kappa shape index (κ2) is 31.9. The Kier molecular flexibility index (Phi) is 28.5. The van der Waals surface area contributed by atoms with Crippen LogP contribution in [0, 0.1) is 0 Å². The minimum absolute atomic E-state index is 0. The van der Waals surface area contributed by atoms with Gasteiger partial charge >= 0.3 is 37.7 Å². The van der Waals surface area contributed by atoms with Crippen molar-refractivity contribution in [1.29, 1.82) is 0 Å². The Labute approximate surface area is 408 Å². The molecule has 0 saturated heterocycles. The van der Waals surface area contributed by atoms with Crippen molar-refractivity contribution in [3.05, 3.63) is 96.1 Å². The van der Waals surface area contributed by atoms with E-state index in [2.05, 4.69) is 13.8 Å². The SMILES string of the molecule is CCCCCCCCCCCCCc1cccc(Oc2cccc(S(=O)(=O)O)c2O)c1.CCCCCCCCCCCCCc1cccc(Oc2cccc(S(=O)(=O)[O-])c2[O-])c1.[Ca+2]. The van der Waals surface area contributed by atoms with Crippen LogP contribution < -0.4 is 14.6 Å². The first-order valence-electron chi connectivity index (χ1n) is 22.9. The van der Waals surface area contributed by atoms with Gasteiger partial charge in [0.05, 0.1) is 4.90 Å². The van der Waals surface area contributed by atoms with Crippen molar-refractivity contribution in [2.45, 2.75) is 178 Å². The third-order valence-corrected chi connectivity index (χ3v) is 12.6. The zero-order valence-electron chi connectivity index (χ0n) is 37.7. The molecule has 0 bridgehead atoms. The van der Waals surface area contributed by atoms with Gasteiger partial charge in [-0.2, -0.15) is 8.42 Å². The minimum atomic E-state index is -4.83. The van der Waals surface area contributed by atoms with E-state index in [1.807, 2.05) is 36.4 Å². The summed E-state index contributed by atoms with van der Waals surface area (Å²) < 4.78 is 76.7. The number of rotatable bonds is 30. The molecule has 0 heterocycles. The summed E-state index contributed by atoms with van der Waals surface area (Å²) in [4.78, 5) is -1.36. The molecule has 63 heavy (non-hydrogen) atoms. The first kappa shape index (κ1) is 56.3. The fourth-order valence-corrected chi connectivity index (χ4v) is 8.50. The van der Waals surface area contributed by atoms with Crippen LogP contribution in [-0.4, -0.2) is 68.8 Å². The molecule has 0 spiro atoms. The Bertz CT molecular complexity index is 1940. The van der Waals surface area contributed by atoms with E-state index >= 15 is 0 Å². The third-order valence-electron chi connectivity index (χ3n) is 10.8. The fourth-order valence-electron chi connectivity index (χ4n) is 7.34. The van der Waals surface area contributed by atoms with Crippen LogP contribution in [0.4, 0.5) is 0 Å². The van der Waals surface area contributed by atoms with Crippen molar-refractivity contribution in [2.24, 2.45) is 0 Å². The maximum Gasteiger partial charge on any atom is 2.00 e. The second-order valence-electron chi connectivity index (χ2n) is 16.2. The predicted molar refractivity (Wildman–Crippen MR) is 251 cm³/mol. The van der Waals surface area contributed by atoms with E-state index in [0.29, 0.717) is 11.5 Å². The number of hydrogen-bond acceptors (Lipinski definition) is 9. The largest absolute Gasteiger partial charge is 2.00 e. The quantitative estimate of drug-likeness (QED) is 0.0291. The van der Waals surface area contributed by atoms with Gasteiger partial charge in [0.2, 0.25) is 0 Å². The number of hydrogen-bond donors (Lipinski definition) is 2. The molecule has 0 aliphatic carbocycles. The summed E-state index contributed by atoms with van der Waals surface area (Å²) in [5.74, 6) is -0.707. The average molecular weight is 935 g/mol. The van der Waals surface area contributed by atoms with Gasteiger partial charge in [0.25, 0.3) is 10.1 Å². The van der Waals surface area contributed by atoms with E-state index in [4.69, 9.17) is 9.47 Å². The van der Waals surface area contributed by atoms with Gasteiger partial charge in [-0.3, -0.25) is 4.55 Å². The normalized spacial score (nSPS) is 11.4. The fraction of sp³-hybridized carbons (Fsp3) is 0.520. The zero-order chi connectivity index (χ0) is 45.1. The van der Waals surface area contributed by atoms with Gasteiger partial charge in [-0.15, -0.1) is 0 Å². The number of phenolic OH excluding ortho intramolecular Hbond substituents is 1. The Morgan fingerprint density at radius 3 is 1.24 bits per heavy atom. The Hall–Kier alpha value is -2.84. The van der Waals surface area contributed by atoms with Crippen molar-refractivity contribution in [2.75, 3.05) is 0 Å². The van der Waals surface area contributed by atoms with Gasteiger partial charge in [0, 0.05) is 0 Å². The summed E-state index contributed by atoms with van der Waals surface area (Å²) in [7, 11) is -9.34. The molecule has 0 amide bonds. The van der Waals surface area contributed by atoms with Crippen LogP contribution in [0.1, 0.15) is 166 Å². The number of aromatic hydroxyl groups is 1. The summed E-state index contributed by atoms with van der Waals surface area (Å²) in [6.07, 6.45) is 30.5. The van der Waals surface area contributed by atoms with Crippen LogP contribution in [0.25, 0.3) is 0 Å². The molecule has 0 radical (unpaired) electrons. The van der Waals surface area contributed by atoms with Crippen LogP contribution >= 0.6 is 0 Å². The van der Waals surface area contributed by atoms with E-state index in [-0.39, 0.29) is 49.2 Å². The van der Waals surface area contributed by atoms with Crippen LogP contribution in [0.5, 0.6) is 34.5 Å². The molecule has 0 aliphatic heterocycles. The van der Waals surface area contributed by atoms with Gasteiger partial charge in [-0.1, -0.05) is 179 Å². The first-order valence-corrected chi connectivity index (χ1v) is 25.8. The Morgan fingerprint density at radius 2 is 0.841 bits per heavy atom. The molecule has 10 nitrogen and oxygen atoms in total. The number of ether oxygens (including phenoxy) is 2. The van der Waals surface area contributed by atoms with Gasteiger partial charge < -0.3 is 24.2 Å². The predicted octanol–water partition coefficient (Wildman–Crippen LogP) is 13.2. The molecule has 4 aromatic rings. The van der Waals surface area contributed by atoms with Gasteiger partial charge in [0.15, 0.2) is 11.5 Å². The Morgan fingerprint density at radius 1 is 0.492 bits per heavy atom. The summed E-state index contributed by atoms with van der Waals surface area (Å²) in [6.45, 7) is 4.49. The molecule has 344 valence electrons. The summed E-state index contributed by atoms with van der Waals surface area (Å²) in [5.41, 5.74) is 2.24. The van der Waals surface area contributed by atoms with E-state index in [1.54, 1.807) is 12.1 Å². The van der Waals surface area contributed by atoms with Crippen molar-refractivity contribution in [3.63, 3.8) is 0 Å². The monoisotopic (exact) mass is 934 g/mol. The van der Waals surface area contributed by atoms with Gasteiger partial charge in [-0.25, -0.2) is 8.42 Å². The van der Waals surface area contributed by atoms with E-state index in [9.17, 15) is 36.2 Å². The number of aryl methyl sites for hydroxylation is 2. The molecule has 4 aromatic carbocycles. The molecule has 0 atom stereocenters. The van der Waals surface area contributed by atoms with E-state index in [0.717, 1.165) is 48.9 Å². The van der Waals surface area contributed by atoms with Crippen LogP contribution in [0.2, 0.25) is 0 Å². The molecule has 2 N–H and O–H groups in total. The molecule has 13 heteroatoms. The minimum Gasteiger partial charge on any atom is -0.869 e. The molecular formula is C50H70CaO10S2. The Balaban J connectivity index is 0.000000427.